The van der Waals surface area contributed by atoms with Gasteiger partial charge >= 0.3 is 0 Å². The number of hydrogen-bond donors (Lipinski definition) is 1. The number of aromatic nitrogens is 1. The third-order valence-corrected chi connectivity index (χ3v) is 4.83. The van der Waals surface area contributed by atoms with Crippen LogP contribution in [-0.2, 0) is 0 Å². The van der Waals surface area contributed by atoms with E-state index in [0.717, 1.165) is 22.7 Å². The summed E-state index contributed by atoms with van der Waals surface area (Å²) in [6.45, 7) is 5.68. The maximum Gasteiger partial charge on any atom is 0.283 e. The number of aryl methyl sites for hydroxylation is 1. The Kier molecular flexibility index (Phi) is 4.85. The first-order chi connectivity index (χ1) is 12.3. The lowest BCUT2D eigenvalue weighted by atomic mass is 10.2. The van der Waals surface area contributed by atoms with Gasteiger partial charge in [0.05, 0.1) is 20.9 Å². The first-order valence-electron chi connectivity index (χ1n) is 7.97. The van der Waals surface area contributed by atoms with Crippen LogP contribution in [0, 0.1) is 17.0 Å². The number of benzene rings is 1. The second-order valence-electron chi connectivity index (χ2n) is 6.06. The lowest BCUT2D eigenvalue weighted by Gasteiger charge is -2.04. The molecule has 0 aliphatic heterocycles. The topological polar surface area (TPSA) is 98.3 Å². The van der Waals surface area contributed by atoms with Gasteiger partial charge in [-0.2, -0.15) is 0 Å². The highest BCUT2D eigenvalue weighted by Crippen LogP contribution is 2.29. The molecule has 0 unspecified atom stereocenters. The number of carbonyl (C=O) groups excluding carboxylic acids is 1. The van der Waals surface area contributed by atoms with Crippen LogP contribution in [0.3, 0.4) is 0 Å². The molecule has 2 heterocycles. The van der Waals surface area contributed by atoms with Gasteiger partial charge in [-0.1, -0.05) is 13.8 Å². The standard InChI is InChI=1S/C18H17N3O4S/c1-10(2)15-9-19-18(25-15)12-4-6-13(7-5-12)20-17(22)16-8-14(21(23)24)11(3)26-16/h4-10H,1-3H3,(H,20,22). The van der Waals surface area contributed by atoms with Gasteiger partial charge in [0.2, 0.25) is 5.89 Å². The van der Waals surface area contributed by atoms with Crippen molar-refractivity contribution in [1.82, 2.24) is 4.98 Å². The number of anilines is 1. The Morgan fingerprint density at radius 1 is 1.31 bits per heavy atom. The normalized spacial score (nSPS) is 10.9. The fourth-order valence-corrected chi connectivity index (χ4v) is 3.22. The van der Waals surface area contributed by atoms with Crippen LogP contribution in [-0.4, -0.2) is 15.8 Å². The number of nitrogens with zero attached hydrogens (tertiary/aromatic N) is 2. The van der Waals surface area contributed by atoms with E-state index in [1.165, 1.54) is 6.07 Å². The Hall–Kier alpha value is -3.00. The average Bonchev–Trinajstić information content (AvgIpc) is 3.22. The van der Waals surface area contributed by atoms with Crippen LogP contribution in [0.1, 0.15) is 40.1 Å². The quantitative estimate of drug-likeness (QED) is 0.503. The largest absolute Gasteiger partial charge is 0.441 e. The first-order valence-corrected chi connectivity index (χ1v) is 8.79. The Morgan fingerprint density at radius 3 is 2.54 bits per heavy atom. The molecule has 0 radical (unpaired) electrons. The van der Waals surface area contributed by atoms with Crippen molar-refractivity contribution in [2.45, 2.75) is 26.7 Å². The molecule has 1 N–H and O–H groups in total. The van der Waals surface area contributed by atoms with Gasteiger partial charge in [-0.05, 0) is 31.2 Å². The monoisotopic (exact) mass is 371 g/mol. The van der Waals surface area contributed by atoms with Crippen molar-refractivity contribution in [2.24, 2.45) is 0 Å². The molecule has 3 rings (SSSR count). The molecule has 26 heavy (non-hydrogen) atoms. The van der Waals surface area contributed by atoms with Gasteiger partial charge in [-0.25, -0.2) is 4.98 Å². The fourth-order valence-electron chi connectivity index (χ4n) is 2.34. The molecule has 0 spiro atoms. The van der Waals surface area contributed by atoms with Crippen molar-refractivity contribution in [3.8, 4) is 11.5 Å². The zero-order valence-electron chi connectivity index (χ0n) is 14.5. The third-order valence-electron chi connectivity index (χ3n) is 3.79. The molecule has 0 aliphatic rings. The summed E-state index contributed by atoms with van der Waals surface area (Å²) in [6.07, 6.45) is 1.71. The van der Waals surface area contributed by atoms with Crippen LogP contribution in [0.5, 0.6) is 0 Å². The smallest absolute Gasteiger partial charge is 0.283 e. The number of hydrogen-bond acceptors (Lipinski definition) is 6. The molecule has 0 atom stereocenters. The van der Waals surface area contributed by atoms with E-state index < -0.39 is 4.92 Å². The summed E-state index contributed by atoms with van der Waals surface area (Å²) < 4.78 is 5.70. The number of carbonyl (C=O) groups is 1. The molecular formula is C18H17N3O4S. The summed E-state index contributed by atoms with van der Waals surface area (Å²) in [5.74, 6) is 1.22. The molecule has 2 aromatic heterocycles. The van der Waals surface area contributed by atoms with Crippen molar-refractivity contribution >= 4 is 28.6 Å². The average molecular weight is 371 g/mol. The van der Waals surface area contributed by atoms with Gasteiger partial charge in [0.25, 0.3) is 11.6 Å². The Balaban J connectivity index is 1.73. The number of nitro groups is 1. The molecule has 0 aliphatic carbocycles. The summed E-state index contributed by atoms with van der Waals surface area (Å²) >= 11 is 1.10. The van der Waals surface area contributed by atoms with Crippen molar-refractivity contribution in [3.63, 3.8) is 0 Å². The first kappa shape index (κ1) is 17.8. The van der Waals surface area contributed by atoms with E-state index in [1.807, 2.05) is 13.8 Å². The van der Waals surface area contributed by atoms with Crippen LogP contribution in [0.2, 0.25) is 0 Å². The van der Waals surface area contributed by atoms with Crippen molar-refractivity contribution in [2.75, 3.05) is 5.32 Å². The number of thiophene rings is 1. The Labute approximate surface area is 153 Å². The van der Waals surface area contributed by atoms with E-state index in [4.69, 9.17) is 4.42 Å². The van der Waals surface area contributed by atoms with E-state index in [0.29, 0.717) is 21.3 Å². The molecule has 3 aromatic rings. The highest BCUT2D eigenvalue weighted by atomic mass is 32.1. The van der Waals surface area contributed by atoms with Crippen LogP contribution in [0.15, 0.2) is 40.9 Å². The van der Waals surface area contributed by atoms with Crippen molar-refractivity contribution in [1.29, 1.82) is 0 Å². The number of nitrogens with one attached hydrogen (secondary N) is 1. The SMILES string of the molecule is Cc1sc(C(=O)Nc2ccc(-c3ncc(C(C)C)o3)cc2)cc1[N+](=O)[O-]. The number of rotatable bonds is 5. The maximum atomic E-state index is 12.3. The minimum atomic E-state index is -0.487. The molecule has 0 saturated carbocycles. The van der Waals surface area contributed by atoms with Crippen LogP contribution >= 0.6 is 11.3 Å². The summed E-state index contributed by atoms with van der Waals surface area (Å²) in [5, 5.41) is 13.6. The molecule has 7 nitrogen and oxygen atoms in total. The molecule has 0 fully saturated rings. The highest BCUT2D eigenvalue weighted by molar-refractivity contribution is 7.14. The van der Waals surface area contributed by atoms with Crippen molar-refractivity contribution in [3.05, 3.63) is 62.2 Å². The van der Waals surface area contributed by atoms with Crippen LogP contribution in [0.4, 0.5) is 11.4 Å². The lowest BCUT2D eigenvalue weighted by molar-refractivity contribution is -0.385. The van der Waals surface area contributed by atoms with E-state index in [9.17, 15) is 14.9 Å². The molecule has 0 bridgehead atoms. The molecule has 8 heteroatoms. The Bertz CT molecular complexity index is 957. The maximum absolute atomic E-state index is 12.3. The van der Waals surface area contributed by atoms with Crippen molar-refractivity contribution < 1.29 is 14.1 Å². The summed E-state index contributed by atoms with van der Waals surface area (Å²) in [6, 6.07) is 8.37. The predicted molar refractivity (Wildman–Crippen MR) is 99.7 cm³/mol. The minimum absolute atomic E-state index is 0.0413. The van der Waals surface area contributed by atoms with E-state index in [1.54, 1.807) is 37.4 Å². The van der Waals surface area contributed by atoms with Crippen LogP contribution in [0.25, 0.3) is 11.5 Å². The summed E-state index contributed by atoms with van der Waals surface area (Å²) in [7, 11) is 0. The lowest BCUT2D eigenvalue weighted by Crippen LogP contribution is -2.09. The zero-order valence-corrected chi connectivity index (χ0v) is 15.3. The van der Waals surface area contributed by atoms with E-state index in [-0.39, 0.29) is 17.5 Å². The Morgan fingerprint density at radius 2 is 2.00 bits per heavy atom. The molecule has 0 saturated heterocycles. The highest BCUT2D eigenvalue weighted by Gasteiger charge is 2.19. The predicted octanol–water partition coefficient (Wildman–Crippen LogP) is 5.00. The zero-order chi connectivity index (χ0) is 18.8. The summed E-state index contributed by atoms with van der Waals surface area (Å²) in [5.41, 5.74) is 1.35. The van der Waals surface area contributed by atoms with Gasteiger partial charge in [0, 0.05) is 23.2 Å². The van der Waals surface area contributed by atoms with Gasteiger partial charge < -0.3 is 9.73 Å². The fraction of sp³-hybridized carbons (Fsp3) is 0.222. The molecule has 1 amide bonds. The third kappa shape index (κ3) is 3.65. The second kappa shape index (κ2) is 7.09. The van der Waals surface area contributed by atoms with Crippen LogP contribution < -0.4 is 5.32 Å². The molecule has 134 valence electrons. The van der Waals surface area contributed by atoms with Gasteiger partial charge in [-0.15, -0.1) is 11.3 Å². The van der Waals surface area contributed by atoms with E-state index >= 15 is 0 Å². The minimum Gasteiger partial charge on any atom is -0.441 e. The van der Waals surface area contributed by atoms with Gasteiger partial charge in [0.15, 0.2) is 0 Å². The van der Waals surface area contributed by atoms with Gasteiger partial charge in [0.1, 0.15) is 5.76 Å². The summed E-state index contributed by atoms with van der Waals surface area (Å²) in [4.78, 5) is 27.7. The second-order valence-corrected chi connectivity index (χ2v) is 7.32. The number of amides is 1. The van der Waals surface area contributed by atoms with Gasteiger partial charge in [-0.3, -0.25) is 14.9 Å². The molecule has 1 aromatic carbocycles. The molecular weight excluding hydrogens is 354 g/mol. The number of oxazole rings is 1. The van der Waals surface area contributed by atoms with E-state index in [2.05, 4.69) is 10.3 Å².